The zero-order valence-corrected chi connectivity index (χ0v) is 61.2. The first-order valence-corrected chi connectivity index (χ1v) is 39.3. The molecule has 0 aromatic rings. The van der Waals surface area contributed by atoms with Crippen molar-refractivity contribution in [3.05, 3.63) is 0 Å². The second-order valence-electron chi connectivity index (χ2n) is 26.9. The predicted octanol–water partition coefficient (Wildman–Crippen LogP) is 22.3. The van der Waals surface area contributed by atoms with Gasteiger partial charge in [-0.15, -0.1) is 0 Å². The van der Waals surface area contributed by atoms with Crippen LogP contribution in [0.3, 0.4) is 0 Å². The molecule has 2 atom stereocenters. The molecule has 0 N–H and O–H groups in total. The van der Waals surface area contributed by atoms with Crippen molar-refractivity contribution in [1.29, 1.82) is 0 Å². The van der Waals surface area contributed by atoms with Crippen LogP contribution < -0.4 is 0 Å². The second-order valence-corrected chi connectivity index (χ2v) is 26.9. The Bertz CT molecular complexity index is 1360. The standard InChI is InChI=1S/C76H150N4O6.C2H6/c1-9-15-21-27-31-43-57-71(55-41-23-17-11-3)75(83)85-69-53-39-37-51-65-79(63-49-25-19-13-5)73(81)59-45-33-29-35-47-61-78(68-67-77(7)8)62-48-36-30-34-46-60-74(82)80(64-50-26-20-14-6)66-52-38-40-54-70-86-76(84)72(56-42-24-18-12-4)58-44-32-28-22-16-10-2;1-2/h71-72H,9-70H2,1-8H3;1-2H3. The second kappa shape index (κ2) is 70.7. The largest absolute Gasteiger partial charge is 0.465 e. The van der Waals surface area contributed by atoms with Gasteiger partial charge in [0.25, 0.3) is 0 Å². The normalized spacial score (nSPS) is 12.1. The van der Waals surface area contributed by atoms with Crippen LogP contribution in [0.4, 0.5) is 0 Å². The van der Waals surface area contributed by atoms with E-state index in [4.69, 9.17) is 9.47 Å². The minimum atomic E-state index is 0.0403. The summed E-state index contributed by atoms with van der Waals surface area (Å²) in [6.07, 6.45) is 59.1. The van der Waals surface area contributed by atoms with Gasteiger partial charge < -0.3 is 29.1 Å². The summed E-state index contributed by atoms with van der Waals surface area (Å²) in [6, 6.07) is 0. The number of hydrogen-bond donors (Lipinski definition) is 0. The Morgan fingerprint density at radius 2 is 0.511 bits per heavy atom. The Kier molecular flexibility index (Phi) is 70.6. The molecule has 10 nitrogen and oxygen atoms in total. The van der Waals surface area contributed by atoms with E-state index in [1.165, 1.54) is 180 Å². The summed E-state index contributed by atoms with van der Waals surface area (Å²) >= 11 is 0. The third-order valence-corrected chi connectivity index (χ3v) is 18.3. The molecule has 88 heavy (non-hydrogen) atoms. The van der Waals surface area contributed by atoms with Gasteiger partial charge in [0, 0.05) is 52.1 Å². The van der Waals surface area contributed by atoms with Crippen LogP contribution >= 0.6 is 0 Å². The number of amides is 2. The highest BCUT2D eigenvalue weighted by atomic mass is 16.5. The summed E-state index contributed by atoms with van der Waals surface area (Å²) in [6.45, 7) is 26.5. The Balaban J connectivity index is 0. The first-order valence-electron chi connectivity index (χ1n) is 39.3. The zero-order valence-electron chi connectivity index (χ0n) is 61.2. The molecule has 2 unspecified atom stereocenters. The number of hydrogen-bond acceptors (Lipinski definition) is 8. The predicted molar refractivity (Wildman–Crippen MR) is 383 cm³/mol. The van der Waals surface area contributed by atoms with Crippen molar-refractivity contribution in [3.8, 4) is 0 Å². The van der Waals surface area contributed by atoms with E-state index in [1.807, 2.05) is 13.8 Å². The van der Waals surface area contributed by atoms with E-state index in [1.54, 1.807) is 0 Å². The third-order valence-electron chi connectivity index (χ3n) is 18.3. The fraction of sp³-hybridized carbons (Fsp3) is 0.949. The zero-order chi connectivity index (χ0) is 65.0. The minimum absolute atomic E-state index is 0.0403. The van der Waals surface area contributed by atoms with E-state index in [9.17, 15) is 19.2 Å². The minimum Gasteiger partial charge on any atom is -0.465 e. The molecular formula is C78H156N4O6. The van der Waals surface area contributed by atoms with Crippen molar-refractivity contribution in [2.75, 3.05) is 79.7 Å². The van der Waals surface area contributed by atoms with E-state index in [2.05, 4.69) is 75.2 Å². The number of rotatable bonds is 69. The topological polar surface area (TPSA) is 99.7 Å². The maximum Gasteiger partial charge on any atom is 0.308 e. The number of likely N-dealkylation sites (N-methyl/N-ethyl adjacent to an activating group) is 1. The molecule has 524 valence electrons. The van der Waals surface area contributed by atoms with Crippen molar-refractivity contribution in [3.63, 3.8) is 0 Å². The Morgan fingerprint density at radius 3 is 0.818 bits per heavy atom. The van der Waals surface area contributed by atoms with E-state index in [-0.39, 0.29) is 23.8 Å². The molecule has 0 aliphatic rings. The highest BCUT2D eigenvalue weighted by Gasteiger charge is 2.21. The molecule has 0 heterocycles. The lowest BCUT2D eigenvalue weighted by Crippen LogP contribution is -2.33. The van der Waals surface area contributed by atoms with Crippen molar-refractivity contribution >= 4 is 23.8 Å². The third kappa shape index (κ3) is 58.9. The molecule has 0 fully saturated rings. The summed E-state index contributed by atoms with van der Waals surface area (Å²) in [5, 5.41) is 0. The highest BCUT2D eigenvalue weighted by molar-refractivity contribution is 5.76. The lowest BCUT2D eigenvalue weighted by Gasteiger charge is -2.24. The molecule has 0 spiro atoms. The van der Waals surface area contributed by atoms with E-state index >= 15 is 0 Å². The summed E-state index contributed by atoms with van der Waals surface area (Å²) in [4.78, 5) is 62.7. The quantitative estimate of drug-likeness (QED) is 0.0439. The molecule has 0 rings (SSSR count). The van der Waals surface area contributed by atoms with Crippen molar-refractivity contribution in [1.82, 2.24) is 19.6 Å². The van der Waals surface area contributed by atoms with Crippen LogP contribution in [-0.2, 0) is 28.7 Å². The van der Waals surface area contributed by atoms with Crippen LogP contribution in [0.25, 0.3) is 0 Å². The maximum atomic E-state index is 13.6. The average Bonchev–Trinajstić information content (AvgIpc) is 3.54. The van der Waals surface area contributed by atoms with Gasteiger partial charge in [-0.05, 0) is 130 Å². The van der Waals surface area contributed by atoms with Crippen LogP contribution in [0.1, 0.15) is 389 Å². The molecule has 0 aliphatic carbocycles. The smallest absolute Gasteiger partial charge is 0.308 e. The Labute approximate surface area is 550 Å². The molecule has 2 amide bonds. The van der Waals surface area contributed by atoms with Gasteiger partial charge in [-0.1, -0.05) is 274 Å². The highest BCUT2D eigenvalue weighted by Crippen LogP contribution is 2.23. The van der Waals surface area contributed by atoms with Gasteiger partial charge in [-0.2, -0.15) is 0 Å². The Morgan fingerprint density at radius 1 is 0.273 bits per heavy atom. The van der Waals surface area contributed by atoms with Crippen LogP contribution in [0.2, 0.25) is 0 Å². The van der Waals surface area contributed by atoms with Crippen LogP contribution in [0.15, 0.2) is 0 Å². The summed E-state index contributed by atoms with van der Waals surface area (Å²) in [5.41, 5.74) is 0. The molecule has 10 heteroatoms. The first-order chi connectivity index (χ1) is 43.1. The molecule has 0 radical (unpaired) electrons. The van der Waals surface area contributed by atoms with Gasteiger partial charge >= 0.3 is 11.9 Å². The molecular weight excluding hydrogens is 1090 g/mol. The average molecular weight is 1250 g/mol. The number of carbonyl (C=O) groups is 4. The van der Waals surface area contributed by atoms with Crippen molar-refractivity contribution in [2.24, 2.45) is 11.8 Å². The van der Waals surface area contributed by atoms with E-state index in [0.29, 0.717) is 37.9 Å². The lowest BCUT2D eigenvalue weighted by atomic mass is 9.94. The number of esters is 2. The molecule has 0 aromatic heterocycles. The van der Waals surface area contributed by atoms with Gasteiger partial charge in [-0.25, -0.2) is 0 Å². The van der Waals surface area contributed by atoms with Crippen molar-refractivity contribution in [2.45, 2.75) is 389 Å². The van der Waals surface area contributed by atoms with Gasteiger partial charge in [0.05, 0.1) is 25.0 Å². The molecule has 0 bridgehead atoms. The fourth-order valence-corrected chi connectivity index (χ4v) is 12.3. The summed E-state index contributed by atoms with van der Waals surface area (Å²) in [5.74, 6) is 0.906. The lowest BCUT2D eigenvalue weighted by molar-refractivity contribution is -0.150. The van der Waals surface area contributed by atoms with Gasteiger partial charge in [0.15, 0.2) is 0 Å². The van der Waals surface area contributed by atoms with Crippen molar-refractivity contribution < 1.29 is 28.7 Å². The van der Waals surface area contributed by atoms with Crippen LogP contribution in [-0.4, -0.2) is 123 Å². The van der Waals surface area contributed by atoms with E-state index < -0.39 is 0 Å². The molecule has 0 aliphatic heterocycles. The molecule has 0 saturated heterocycles. The maximum absolute atomic E-state index is 13.6. The summed E-state index contributed by atoms with van der Waals surface area (Å²) in [7, 11) is 4.35. The SMILES string of the molecule is CC.CCCCCCCCC(CCCCCC)C(=O)OCCCCCCN(CCCCCC)C(=O)CCCCCCCN(CCCCCCCC(=O)N(CCCCCC)CCCCCCOC(=O)C(CCCCCC)CCCCCCCC)CCN(C)C. The monoisotopic (exact) mass is 1250 g/mol. The molecule has 0 aromatic carbocycles. The summed E-state index contributed by atoms with van der Waals surface area (Å²) < 4.78 is 11.8. The Hall–Kier alpha value is -2.20. The van der Waals surface area contributed by atoms with Gasteiger partial charge in [0.2, 0.25) is 11.8 Å². The fourth-order valence-electron chi connectivity index (χ4n) is 12.3. The van der Waals surface area contributed by atoms with Crippen LogP contribution in [0.5, 0.6) is 0 Å². The van der Waals surface area contributed by atoms with Gasteiger partial charge in [0.1, 0.15) is 0 Å². The first kappa shape index (κ1) is 87.9. The number of unbranched alkanes of at least 4 members (excludes halogenated alkanes) is 36. The van der Waals surface area contributed by atoms with Gasteiger partial charge in [-0.3, -0.25) is 19.2 Å². The number of ether oxygens (including phenoxy) is 2. The number of carbonyl (C=O) groups excluding carboxylic acids is 4. The molecule has 0 saturated carbocycles. The van der Waals surface area contributed by atoms with Crippen LogP contribution in [0, 0.1) is 11.8 Å². The number of nitrogens with zero attached hydrogens (tertiary/aromatic N) is 4. The van der Waals surface area contributed by atoms with E-state index in [0.717, 1.165) is 194 Å².